The highest BCUT2D eigenvalue weighted by Gasteiger charge is 2.17. The molecule has 1 aromatic carbocycles. The molecule has 1 aromatic rings. The summed E-state index contributed by atoms with van der Waals surface area (Å²) in [6.45, 7) is 4.12. The summed E-state index contributed by atoms with van der Waals surface area (Å²) in [7, 11) is 1.65. The van der Waals surface area contributed by atoms with Gasteiger partial charge in [0.25, 0.3) is 0 Å². The van der Waals surface area contributed by atoms with Gasteiger partial charge < -0.3 is 15.4 Å². The second kappa shape index (κ2) is 8.29. The molecule has 4 nitrogen and oxygen atoms in total. The van der Waals surface area contributed by atoms with E-state index >= 15 is 0 Å². The molecule has 2 N–H and O–H groups in total. The first-order chi connectivity index (χ1) is 10.2. The summed E-state index contributed by atoms with van der Waals surface area (Å²) in [5.41, 5.74) is 1.01. The number of thioether (sulfide) groups is 1. The lowest BCUT2D eigenvalue weighted by Crippen LogP contribution is -2.32. The third-order valence-corrected chi connectivity index (χ3v) is 5.09. The molecule has 0 radical (unpaired) electrons. The normalized spacial score (nSPS) is 17.2. The summed E-state index contributed by atoms with van der Waals surface area (Å²) in [5.74, 6) is 1.44. The molecule has 1 saturated heterocycles. The van der Waals surface area contributed by atoms with Crippen molar-refractivity contribution in [1.82, 2.24) is 10.6 Å². The van der Waals surface area contributed by atoms with Gasteiger partial charge in [0.1, 0.15) is 5.75 Å². The van der Waals surface area contributed by atoms with Crippen LogP contribution in [0, 0.1) is 0 Å². The molecule has 1 aliphatic heterocycles. The monoisotopic (exact) mass is 308 g/mol. The van der Waals surface area contributed by atoms with Gasteiger partial charge in [-0.2, -0.15) is 0 Å². The van der Waals surface area contributed by atoms with Gasteiger partial charge in [0, 0.05) is 10.8 Å². The number of benzene rings is 1. The van der Waals surface area contributed by atoms with E-state index in [0.29, 0.717) is 11.0 Å². The maximum Gasteiger partial charge on any atom is 0.230 e. The number of carbonyl (C=O) groups excluding carboxylic acids is 1. The van der Waals surface area contributed by atoms with E-state index < -0.39 is 0 Å². The van der Waals surface area contributed by atoms with Crippen LogP contribution in [-0.4, -0.2) is 37.1 Å². The van der Waals surface area contributed by atoms with E-state index in [9.17, 15) is 4.79 Å². The zero-order valence-corrected chi connectivity index (χ0v) is 13.5. The predicted molar refractivity (Wildman–Crippen MR) is 87.9 cm³/mol. The lowest BCUT2D eigenvalue weighted by molar-refractivity contribution is -0.119. The van der Waals surface area contributed by atoms with E-state index in [0.717, 1.165) is 37.2 Å². The average molecular weight is 308 g/mol. The van der Waals surface area contributed by atoms with Gasteiger partial charge in [-0.05, 0) is 38.9 Å². The molecular weight excluding hydrogens is 284 g/mol. The number of rotatable bonds is 6. The minimum atomic E-state index is -0.0396. The third-order valence-electron chi connectivity index (χ3n) is 3.72. The SMILES string of the molecule is COc1ccccc1[C@H](C)NC(=O)CSC1CCNCC1. The summed E-state index contributed by atoms with van der Waals surface area (Å²) in [6, 6.07) is 7.77. The fourth-order valence-corrected chi connectivity index (χ4v) is 3.58. The van der Waals surface area contributed by atoms with Gasteiger partial charge in [-0.25, -0.2) is 0 Å². The lowest BCUT2D eigenvalue weighted by Gasteiger charge is -2.22. The fraction of sp³-hybridized carbons (Fsp3) is 0.562. The van der Waals surface area contributed by atoms with Crippen LogP contribution in [0.15, 0.2) is 24.3 Å². The molecule has 0 spiro atoms. The smallest absolute Gasteiger partial charge is 0.230 e. The van der Waals surface area contributed by atoms with Gasteiger partial charge in [-0.1, -0.05) is 18.2 Å². The van der Waals surface area contributed by atoms with E-state index in [2.05, 4.69) is 10.6 Å². The molecule has 0 aromatic heterocycles. The summed E-state index contributed by atoms with van der Waals surface area (Å²) in [5, 5.41) is 7.01. The maximum atomic E-state index is 12.1. The van der Waals surface area contributed by atoms with Crippen molar-refractivity contribution >= 4 is 17.7 Å². The molecule has 1 fully saturated rings. The summed E-state index contributed by atoms with van der Waals surface area (Å²) in [4.78, 5) is 12.1. The summed E-state index contributed by atoms with van der Waals surface area (Å²) < 4.78 is 5.34. The molecule has 2 rings (SSSR count). The van der Waals surface area contributed by atoms with Crippen LogP contribution in [0.5, 0.6) is 5.75 Å². The molecule has 5 heteroatoms. The molecule has 0 saturated carbocycles. The van der Waals surface area contributed by atoms with Crippen LogP contribution >= 0.6 is 11.8 Å². The lowest BCUT2D eigenvalue weighted by atomic mass is 10.1. The first kappa shape index (κ1) is 16.2. The Morgan fingerprint density at radius 1 is 1.43 bits per heavy atom. The number of carbonyl (C=O) groups is 1. The van der Waals surface area contributed by atoms with E-state index in [1.165, 1.54) is 0 Å². The molecule has 1 amide bonds. The van der Waals surface area contributed by atoms with E-state index in [1.807, 2.05) is 31.2 Å². The van der Waals surface area contributed by atoms with Gasteiger partial charge in [0.05, 0.1) is 18.9 Å². The van der Waals surface area contributed by atoms with Crippen LogP contribution in [0.3, 0.4) is 0 Å². The van der Waals surface area contributed by atoms with Crippen LogP contribution in [0.2, 0.25) is 0 Å². The number of piperidine rings is 1. The Labute approximate surface area is 131 Å². The van der Waals surface area contributed by atoms with Crippen molar-refractivity contribution < 1.29 is 9.53 Å². The van der Waals surface area contributed by atoms with Crippen LogP contribution in [0.4, 0.5) is 0 Å². The van der Waals surface area contributed by atoms with Gasteiger partial charge in [0.2, 0.25) is 5.91 Å². The number of hydrogen-bond acceptors (Lipinski definition) is 4. The van der Waals surface area contributed by atoms with E-state index in [-0.39, 0.29) is 11.9 Å². The quantitative estimate of drug-likeness (QED) is 0.847. The first-order valence-electron chi connectivity index (χ1n) is 7.45. The molecule has 21 heavy (non-hydrogen) atoms. The highest BCUT2D eigenvalue weighted by molar-refractivity contribution is 8.00. The largest absolute Gasteiger partial charge is 0.496 e. The zero-order valence-electron chi connectivity index (χ0n) is 12.7. The van der Waals surface area contributed by atoms with Crippen molar-refractivity contribution in [3.05, 3.63) is 29.8 Å². The Kier molecular flexibility index (Phi) is 6.39. The second-order valence-corrected chi connectivity index (χ2v) is 6.58. The fourth-order valence-electron chi connectivity index (χ4n) is 2.54. The highest BCUT2D eigenvalue weighted by Crippen LogP contribution is 2.25. The minimum absolute atomic E-state index is 0.0396. The molecule has 0 aliphatic carbocycles. The zero-order chi connectivity index (χ0) is 15.1. The van der Waals surface area contributed by atoms with Crippen LogP contribution in [0.1, 0.15) is 31.4 Å². The van der Waals surface area contributed by atoms with Crippen molar-refractivity contribution in [3.8, 4) is 5.75 Å². The number of para-hydroxylation sites is 1. The number of ether oxygens (including phenoxy) is 1. The van der Waals surface area contributed by atoms with Crippen molar-refractivity contribution in [2.75, 3.05) is 26.0 Å². The van der Waals surface area contributed by atoms with Crippen molar-refractivity contribution in [3.63, 3.8) is 0 Å². The van der Waals surface area contributed by atoms with Crippen LogP contribution in [-0.2, 0) is 4.79 Å². The topological polar surface area (TPSA) is 50.4 Å². The molecule has 0 bridgehead atoms. The van der Waals surface area contributed by atoms with Crippen molar-refractivity contribution in [2.45, 2.75) is 31.1 Å². The van der Waals surface area contributed by atoms with Crippen LogP contribution in [0.25, 0.3) is 0 Å². The number of amides is 1. The molecule has 116 valence electrons. The number of hydrogen-bond donors (Lipinski definition) is 2. The van der Waals surface area contributed by atoms with E-state index in [1.54, 1.807) is 18.9 Å². The molecular formula is C16H24N2O2S. The van der Waals surface area contributed by atoms with Gasteiger partial charge in [0.15, 0.2) is 0 Å². The predicted octanol–water partition coefficient (Wildman–Crippen LogP) is 2.36. The minimum Gasteiger partial charge on any atom is -0.496 e. The molecule has 1 heterocycles. The standard InChI is InChI=1S/C16H24N2O2S/c1-12(14-5-3-4-6-15(14)20-2)18-16(19)11-21-13-7-9-17-10-8-13/h3-6,12-13,17H,7-11H2,1-2H3,(H,18,19)/t12-/m0/s1. The van der Waals surface area contributed by atoms with Crippen LogP contribution < -0.4 is 15.4 Å². The molecule has 1 atom stereocenters. The summed E-state index contributed by atoms with van der Waals surface area (Å²) in [6.07, 6.45) is 2.31. The highest BCUT2D eigenvalue weighted by atomic mass is 32.2. The number of methoxy groups -OCH3 is 1. The first-order valence-corrected chi connectivity index (χ1v) is 8.50. The van der Waals surface area contributed by atoms with Crippen molar-refractivity contribution in [2.24, 2.45) is 0 Å². The van der Waals surface area contributed by atoms with Gasteiger partial charge in [-0.3, -0.25) is 4.79 Å². The Hall–Kier alpha value is -1.20. The second-order valence-electron chi connectivity index (χ2n) is 5.29. The Bertz CT molecular complexity index is 461. The van der Waals surface area contributed by atoms with E-state index in [4.69, 9.17) is 4.74 Å². The molecule has 0 unspecified atom stereocenters. The number of nitrogens with one attached hydrogen (secondary N) is 2. The average Bonchev–Trinajstić information content (AvgIpc) is 2.53. The van der Waals surface area contributed by atoms with Gasteiger partial charge in [-0.15, -0.1) is 11.8 Å². The third kappa shape index (κ3) is 4.93. The molecule has 1 aliphatic rings. The van der Waals surface area contributed by atoms with Gasteiger partial charge >= 0.3 is 0 Å². The summed E-state index contributed by atoms with van der Waals surface area (Å²) >= 11 is 1.77. The Balaban J connectivity index is 1.81. The van der Waals surface area contributed by atoms with Crippen molar-refractivity contribution in [1.29, 1.82) is 0 Å². The Morgan fingerprint density at radius 3 is 2.86 bits per heavy atom. The maximum absolute atomic E-state index is 12.1. The Morgan fingerprint density at radius 2 is 2.14 bits per heavy atom.